The number of hydrogen-bond donors (Lipinski definition) is 2. The number of nitriles is 1. The first-order valence-electron chi connectivity index (χ1n) is 11.1. The Bertz CT molecular complexity index is 1150. The molecule has 168 valence electrons. The monoisotopic (exact) mass is 442 g/mol. The molecule has 0 bridgehead atoms. The molecule has 1 aliphatic heterocycles. The Labute approximate surface area is 192 Å². The molecular formula is C25H26N6O2. The number of nitrogens with zero attached hydrogens (tertiary/aromatic N) is 4. The first-order chi connectivity index (χ1) is 16.0. The third-order valence-electron chi connectivity index (χ3n) is 6.25. The van der Waals surface area contributed by atoms with Crippen LogP contribution in [0.2, 0.25) is 0 Å². The molecule has 1 aliphatic carbocycles. The quantitative estimate of drug-likeness (QED) is 0.682. The van der Waals surface area contributed by atoms with Gasteiger partial charge in [-0.3, -0.25) is 9.59 Å². The molecule has 2 aliphatic rings. The van der Waals surface area contributed by atoms with Gasteiger partial charge >= 0.3 is 0 Å². The molecule has 8 nitrogen and oxygen atoms in total. The number of benzene rings is 1. The van der Waals surface area contributed by atoms with Gasteiger partial charge in [-0.05, 0) is 55.9 Å². The number of likely N-dealkylation sites (tertiary alicyclic amines) is 1. The van der Waals surface area contributed by atoms with Gasteiger partial charge in [0, 0.05) is 29.3 Å². The van der Waals surface area contributed by atoms with Crippen LogP contribution in [0, 0.1) is 17.2 Å². The molecule has 2 amide bonds. The number of allylic oxidation sites excluding steroid dienone is 2. The van der Waals surface area contributed by atoms with Gasteiger partial charge in [0.25, 0.3) is 0 Å². The Morgan fingerprint density at radius 2 is 2.03 bits per heavy atom. The van der Waals surface area contributed by atoms with E-state index in [1.165, 1.54) is 12.4 Å². The number of amides is 2. The molecule has 0 saturated carbocycles. The van der Waals surface area contributed by atoms with E-state index in [-0.39, 0.29) is 23.8 Å². The van der Waals surface area contributed by atoms with Crippen molar-refractivity contribution in [3.8, 4) is 17.3 Å². The van der Waals surface area contributed by atoms with Crippen LogP contribution in [0.4, 0.5) is 11.5 Å². The Morgan fingerprint density at radius 1 is 1.24 bits per heavy atom. The summed E-state index contributed by atoms with van der Waals surface area (Å²) in [7, 11) is 0. The van der Waals surface area contributed by atoms with E-state index in [4.69, 9.17) is 5.73 Å². The molecule has 1 unspecified atom stereocenters. The van der Waals surface area contributed by atoms with Crippen LogP contribution in [0.3, 0.4) is 0 Å². The lowest BCUT2D eigenvalue weighted by Gasteiger charge is -2.28. The zero-order valence-electron chi connectivity index (χ0n) is 18.3. The molecule has 1 saturated heterocycles. The van der Waals surface area contributed by atoms with Crippen LogP contribution in [0.25, 0.3) is 16.8 Å². The fourth-order valence-electron chi connectivity index (χ4n) is 4.52. The fraction of sp³-hybridized carbons (Fsp3) is 0.320. The summed E-state index contributed by atoms with van der Waals surface area (Å²) in [5, 5.41) is 12.0. The lowest BCUT2D eigenvalue weighted by molar-refractivity contribution is -0.135. The van der Waals surface area contributed by atoms with E-state index in [9.17, 15) is 14.9 Å². The average molecular weight is 443 g/mol. The maximum Gasteiger partial charge on any atom is 0.247 e. The zero-order valence-corrected chi connectivity index (χ0v) is 18.3. The summed E-state index contributed by atoms with van der Waals surface area (Å²) in [5.41, 5.74) is 10.3. The molecule has 0 spiro atoms. The summed E-state index contributed by atoms with van der Waals surface area (Å²) in [5.74, 6) is 0.0686. The smallest absolute Gasteiger partial charge is 0.247 e. The van der Waals surface area contributed by atoms with Crippen molar-refractivity contribution in [3.63, 3.8) is 0 Å². The van der Waals surface area contributed by atoms with Gasteiger partial charge in [-0.1, -0.05) is 24.8 Å². The first-order valence-corrected chi connectivity index (χ1v) is 11.1. The molecule has 1 fully saturated rings. The predicted octanol–water partition coefficient (Wildman–Crippen LogP) is 3.55. The molecule has 4 rings (SSSR count). The second-order valence-electron chi connectivity index (χ2n) is 8.27. The number of rotatable bonds is 5. The SMILES string of the molecule is C=CC(=O)Nc1ccc(-c2ncnc(N)c2C2=CCC(C(=O)N3CCC[C@H]3C#N)CC2)cc1. The standard InChI is InChI=1S/C25H26N6O2/c1-2-21(32)30-19-11-9-17(10-12-19)23-22(24(27)29-15-28-23)16-5-7-18(8-6-16)25(33)31-13-3-4-20(31)14-26/h2,5,9-12,15,18,20H,1,3-4,6-8,13H2,(H,30,32)(H2,27,28,29)/t18?,20-/m0/s1. The summed E-state index contributed by atoms with van der Waals surface area (Å²) < 4.78 is 0. The molecular weight excluding hydrogens is 416 g/mol. The van der Waals surface area contributed by atoms with Gasteiger partial charge in [0.2, 0.25) is 11.8 Å². The van der Waals surface area contributed by atoms with Crippen molar-refractivity contribution in [2.45, 2.75) is 38.1 Å². The average Bonchev–Trinajstić information content (AvgIpc) is 3.33. The van der Waals surface area contributed by atoms with E-state index in [1.54, 1.807) is 17.0 Å². The topological polar surface area (TPSA) is 125 Å². The molecule has 2 atom stereocenters. The number of nitrogens with two attached hydrogens (primary N) is 1. The van der Waals surface area contributed by atoms with Gasteiger partial charge in [0.1, 0.15) is 18.2 Å². The van der Waals surface area contributed by atoms with Gasteiger partial charge in [-0.25, -0.2) is 9.97 Å². The van der Waals surface area contributed by atoms with Crippen LogP contribution < -0.4 is 11.1 Å². The molecule has 0 radical (unpaired) electrons. The van der Waals surface area contributed by atoms with Gasteiger partial charge in [-0.15, -0.1) is 0 Å². The number of nitrogens with one attached hydrogen (secondary N) is 1. The molecule has 1 aromatic heterocycles. The highest BCUT2D eigenvalue weighted by Gasteiger charge is 2.34. The third kappa shape index (κ3) is 4.62. The molecule has 2 aromatic rings. The highest BCUT2D eigenvalue weighted by atomic mass is 16.2. The zero-order chi connectivity index (χ0) is 23.4. The molecule has 33 heavy (non-hydrogen) atoms. The third-order valence-corrected chi connectivity index (χ3v) is 6.25. The minimum absolute atomic E-state index is 0.0732. The summed E-state index contributed by atoms with van der Waals surface area (Å²) in [6.07, 6.45) is 8.33. The van der Waals surface area contributed by atoms with Crippen LogP contribution in [0.5, 0.6) is 0 Å². The van der Waals surface area contributed by atoms with Crippen molar-refractivity contribution in [1.82, 2.24) is 14.9 Å². The number of hydrogen-bond acceptors (Lipinski definition) is 6. The van der Waals surface area contributed by atoms with Crippen LogP contribution in [0.1, 0.15) is 37.7 Å². The van der Waals surface area contributed by atoms with Crippen molar-refractivity contribution in [2.24, 2.45) is 5.92 Å². The van der Waals surface area contributed by atoms with Crippen LogP contribution >= 0.6 is 0 Å². The molecule has 2 heterocycles. The van der Waals surface area contributed by atoms with Crippen LogP contribution in [0.15, 0.2) is 49.3 Å². The van der Waals surface area contributed by atoms with Crippen molar-refractivity contribution in [2.75, 3.05) is 17.6 Å². The lowest BCUT2D eigenvalue weighted by atomic mass is 9.84. The number of anilines is 2. The van der Waals surface area contributed by atoms with Crippen molar-refractivity contribution < 1.29 is 9.59 Å². The highest BCUT2D eigenvalue weighted by molar-refractivity contribution is 5.99. The largest absolute Gasteiger partial charge is 0.383 e. The Hall–Kier alpha value is -3.99. The Balaban J connectivity index is 1.56. The van der Waals surface area contributed by atoms with E-state index in [0.29, 0.717) is 43.0 Å². The Kier molecular flexibility index (Phi) is 6.50. The lowest BCUT2D eigenvalue weighted by Crippen LogP contribution is -2.39. The van der Waals surface area contributed by atoms with Crippen molar-refractivity contribution >= 4 is 28.9 Å². The maximum atomic E-state index is 13.0. The Morgan fingerprint density at radius 3 is 2.70 bits per heavy atom. The first kappa shape index (κ1) is 22.2. The minimum Gasteiger partial charge on any atom is -0.383 e. The number of aromatic nitrogens is 2. The number of carbonyl (C=O) groups excluding carboxylic acids is 2. The van der Waals surface area contributed by atoms with Crippen molar-refractivity contribution in [3.05, 3.63) is 54.9 Å². The second-order valence-corrected chi connectivity index (χ2v) is 8.27. The maximum absolute atomic E-state index is 13.0. The molecule has 1 aromatic carbocycles. The second kappa shape index (κ2) is 9.65. The van der Waals surface area contributed by atoms with Crippen LogP contribution in [-0.4, -0.2) is 39.3 Å². The van der Waals surface area contributed by atoms with E-state index in [0.717, 1.165) is 29.5 Å². The highest BCUT2D eigenvalue weighted by Crippen LogP contribution is 2.38. The number of nitrogen functional groups attached to an aromatic ring is 1. The van der Waals surface area contributed by atoms with Crippen LogP contribution in [-0.2, 0) is 9.59 Å². The van der Waals surface area contributed by atoms with E-state index in [1.807, 2.05) is 12.1 Å². The normalized spacial score (nSPS) is 20.0. The fourth-order valence-corrected chi connectivity index (χ4v) is 4.52. The summed E-state index contributed by atoms with van der Waals surface area (Å²) in [4.78, 5) is 34.9. The van der Waals surface area contributed by atoms with Gasteiger partial charge < -0.3 is 16.0 Å². The van der Waals surface area contributed by atoms with Gasteiger partial charge in [0.15, 0.2) is 0 Å². The summed E-state index contributed by atoms with van der Waals surface area (Å²) in [6, 6.07) is 9.28. The van der Waals surface area contributed by atoms with Gasteiger partial charge in [-0.2, -0.15) is 5.26 Å². The predicted molar refractivity (Wildman–Crippen MR) is 126 cm³/mol. The molecule has 3 N–H and O–H groups in total. The van der Waals surface area contributed by atoms with Gasteiger partial charge in [0.05, 0.1) is 11.8 Å². The van der Waals surface area contributed by atoms with E-state index < -0.39 is 0 Å². The van der Waals surface area contributed by atoms with E-state index in [2.05, 4.69) is 34.0 Å². The minimum atomic E-state index is -0.299. The molecule has 8 heteroatoms. The van der Waals surface area contributed by atoms with E-state index >= 15 is 0 Å². The number of carbonyl (C=O) groups is 2. The summed E-state index contributed by atoms with van der Waals surface area (Å²) >= 11 is 0. The summed E-state index contributed by atoms with van der Waals surface area (Å²) in [6.45, 7) is 4.12. The van der Waals surface area contributed by atoms with Crippen molar-refractivity contribution in [1.29, 1.82) is 5.26 Å².